The topological polar surface area (TPSA) is 179 Å². The molecule has 58 heavy (non-hydrogen) atoms. The number of amides is 3. The largest absolute Gasteiger partial charge is 0.489 e. The van der Waals surface area contributed by atoms with E-state index in [0.29, 0.717) is 44.5 Å². The van der Waals surface area contributed by atoms with E-state index < -0.39 is 11.9 Å². The van der Waals surface area contributed by atoms with E-state index in [0.717, 1.165) is 57.9 Å². The Bertz CT molecular complexity index is 2350. The van der Waals surface area contributed by atoms with E-state index in [1.807, 2.05) is 12.1 Å². The summed E-state index contributed by atoms with van der Waals surface area (Å²) in [5.74, 6) is 0.610. The Balaban J connectivity index is 0.812. The summed E-state index contributed by atoms with van der Waals surface area (Å²) >= 11 is 6.24. The van der Waals surface area contributed by atoms with Gasteiger partial charge in [-0.25, -0.2) is 14.6 Å². The Hall–Kier alpha value is -5.59. The number of nitrogens with zero attached hydrogens (tertiary/aromatic N) is 8. The molecule has 4 fully saturated rings. The Morgan fingerprint density at radius 2 is 1.71 bits per heavy atom. The van der Waals surface area contributed by atoms with Crippen molar-refractivity contribution < 1.29 is 19.1 Å². The zero-order valence-electron chi connectivity index (χ0n) is 33.1. The second-order valence-electron chi connectivity index (χ2n) is 17.1. The minimum atomic E-state index is -0.792. The second-order valence-corrected chi connectivity index (χ2v) is 17.5. The van der Waals surface area contributed by atoms with Crippen LogP contribution >= 0.6 is 11.6 Å². The molecule has 16 heteroatoms. The number of carbonyl (C=O) groups excluding carboxylic acids is 3. The summed E-state index contributed by atoms with van der Waals surface area (Å²) in [5.41, 5.74) is 0.702. The number of aromatic nitrogens is 4. The molecule has 15 nitrogen and oxygen atoms in total. The lowest BCUT2D eigenvalue weighted by atomic mass is 9.49. The van der Waals surface area contributed by atoms with E-state index in [9.17, 15) is 24.4 Å². The standard InChI is InChI=1S/C42H47ClN10O5/c1-41(2)38(42(3,4)39(41)58-30-7-5-26(19-44)32(43)18-30)49-35(55)28-20-45-40(46-21-28)52-12-11-25(24-52)23-50-13-15-51(16-14-50)29-6-8-31-27(17-29)22-47-53(37(31)57)33-9-10-34(54)48-36(33)56/h5-8,17-18,20-22,25,33,38-39H,9-16,23-24H2,1-4H3,(H,49,55)(H,48,54,56)/t25?,33-,38-,39-/m0/s1. The van der Waals surface area contributed by atoms with Gasteiger partial charge in [0.2, 0.25) is 11.9 Å². The van der Waals surface area contributed by atoms with Crippen molar-refractivity contribution in [1.82, 2.24) is 35.3 Å². The predicted octanol–water partition coefficient (Wildman–Crippen LogP) is 3.95. The summed E-state index contributed by atoms with van der Waals surface area (Å²) in [6.45, 7) is 14.5. The van der Waals surface area contributed by atoms with E-state index in [1.165, 1.54) is 4.68 Å². The maximum atomic E-state index is 13.4. The number of hydrogen-bond acceptors (Lipinski definition) is 12. The van der Waals surface area contributed by atoms with Crippen LogP contribution < -0.4 is 30.7 Å². The zero-order valence-corrected chi connectivity index (χ0v) is 33.8. The first-order valence-corrected chi connectivity index (χ1v) is 20.2. The third-order valence-electron chi connectivity index (χ3n) is 12.5. The molecule has 1 aliphatic carbocycles. The first kappa shape index (κ1) is 39.2. The average Bonchev–Trinajstić information content (AvgIpc) is 3.68. The highest BCUT2D eigenvalue weighted by atomic mass is 35.5. The number of imide groups is 1. The number of nitrogens with one attached hydrogen (secondary N) is 2. The number of halogens is 1. The van der Waals surface area contributed by atoms with Gasteiger partial charge in [-0.2, -0.15) is 10.4 Å². The number of piperidine rings is 1. The third-order valence-corrected chi connectivity index (χ3v) is 12.8. The van der Waals surface area contributed by atoms with Gasteiger partial charge in [-0.15, -0.1) is 0 Å². The summed E-state index contributed by atoms with van der Waals surface area (Å²) in [4.78, 5) is 66.8. The average molecular weight is 807 g/mol. The van der Waals surface area contributed by atoms with Crippen molar-refractivity contribution in [2.75, 3.05) is 55.6 Å². The highest BCUT2D eigenvalue weighted by molar-refractivity contribution is 6.31. The van der Waals surface area contributed by atoms with Gasteiger partial charge in [0.05, 0.1) is 27.7 Å². The normalized spacial score (nSPS) is 24.2. The number of fused-ring (bicyclic) bond motifs is 1. The number of piperazine rings is 1. The lowest BCUT2D eigenvalue weighted by molar-refractivity contribution is -0.164. The molecule has 3 saturated heterocycles. The molecule has 1 saturated carbocycles. The van der Waals surface area contributed by atoms with E-state index in [4.69, 9.17) is 16.3 Å². The third kappa shape index (κ3) is 7.35. The van der Waals surface area contributed by atoms with Crippen LogP contribution in [0.1, 0.15) is 68.9 Å². The molecule has 2 atom stereocenters. The molecule has 3 aliphatic heterocycles. The summed E-state index contributed by atoms with van der Waals surface area (Å²) in [6.07, 6.45) is 6.08. The minimum absolute atomic E-state index is 0.176. The highest BCUT2D eigenvalue weighted by Gasteiger charge is 2.64. The van der Waals surface area contributed by atoms with Crippen LogP contribution in [0.2, 0.25) is 5.02 Å². The van der Waals surface area contributed by atoms with Gasteiger partial charge < -0.3 is 19.9 Å². The molecule has 302 valence electrons. The van der Waals surface area contributed by atoms with E-state index in [1.54, 1.807) is 42.9 Å². The Morgan fingerprint density at radius 1 is 0.966 bits per heavy atom. The molecule has 8 rings (SSSR count). The quantitative estimate of drug-likeness (QED) is 0.233. The molecule has 4 aliphatic rings. The van der Waals surface area contributed by atoms with Gasteiger partial charge in [0.15, 0.2) is 0 Å². The fraction of sp³-hybridized carbons (Fsp3) is 0.476. The van der Waals surface area contributed by atoms with Crippen molar-refractivity contribution in [3.8, 4) is 11.8 Å². The molecule has 2 aromatic carbocycles. The van der Waals surface area contributed by atoms with Gasteiger partial charge in [-0.1, -0.05) is 39.3 Å². The summed E-state index contributed by atoms with van der Waals surface area (Å²) in [5, 5.41) is 20.6. The number of carbonyl (C=O) groups is 3. The monoisotopic (exact) mass is 806 g/mol. The van der Waals surface area contributed by atoms with Crippen molar-refractivity contribution in [2.45, 2.75) is 65.1 Å². The molecular weight excluding hydrogens is 760 g/mol. The van der Waals surface area contributed by atoms with Gasteiger partial charge >= 0.3 is 0 Å². The Labute approximate surface area is 341 Å². The number of rotatable bonds is 9. The lowest BCUT2D eigenvalue weighted by Crippen LogP contribution is -2.74. The van der Waals surface area contributed by atoms with Gasteiger partial charge in [0.1, 0.15) is 24.0 Å². The Morgan fingerprint density at radius 3 is 2.40 bits per heavy atom. The lowest BCUT2D eigenvalue weighted by Gasteiger charge is -2.63. The number of anilines is 2. The van der Waals surface area contributed by atoms with Crippen molar-refractivity contribution >= 4 is 51.7 Å². The summed E-state index contributed by atoms with van der Waals surface area (Å²) < 4.78 is 7.55. The molecule has 0 radical (unpaired) electrons. The predicted molar refractivity (Wildman–Crippen MR) is 218 cm³/mol. The second kappa shape index (κ2) is 15.3. The zero-order chi connectivity index (χ0) is 40.9. The van der Waals surface area contributed by atoms with Crippen LogP contribution in [0.15, 0.2) is 59.8 Å². The SMILES string of the molecule is CC1(C)[C@H](NC(=O)c2cnc(N3CCC(CN4CCN(c5ccc6c(=O)n([C@H]7CCC(=O)NC7=O)ncc6c5)CC4)C3)nc2)C(C)(C)[C@H]1Oc1ccc(C#N)c(Cl)c1. The van der Waals surface area contributed by atoms with Crippen molar-refractivity contribution in [2.24, 2.45) is 16.7 Å². The molecule has 1 unspecified atom stereocenters. The first-order chi connectivity index (χ1) is 27.7. The maximum absolute atomic E-state index is 13.4. The van der Waals surface area contributed by atoms with E-state index in [2.05, 4.69) is 74.2 Å². The van der Waals surface area contributed by atoms with Gasteiger partial charge in [-0.05, 0) is 49.1 Å². The molecule has 3 amide bonds. The smallest absolute Gasteiger partial charge is 0.275 e. The van der Waals surface area contributed by atoms with Crippen LogP contribution in [-0.4, -0.2) is 100 Å². The summed E-state index contributed by atoms with van der Waals surface area (Å²) in [6, 6.07) is 11.9. The molecule has 5 heterocycles. The fourth-order valence-corrected chi connectivity index (χ4v) is 9.83. The van der Waals surface area contributed by atoms with Crippen molar-refractivity contribution in [1.29, 1.82) is 5.26 Å². The molecule has 0 bridgehead atoms. The highest BCUT2D eigenvalue weighted by Crippen LogP contribution is 2.55. The van der Waals surface area contributed by atoms with Crippen LogP contribution in [-0.2, 0) is 9.59 Å². The number of benzene rings is 2. The molecule has 2 aromatic heterocycles. The fourth-order valence-electron chi connectivity index (χ4n) is 9.62. The Kier molecular flexibility index (Phi) is 10.4. The van der Waals surface area contributed by atoms with Crippen LogP contribution in [0.25, 0.3) is 10.8 Å². The van der Waals surface area contributed by atoms with Gasteiger partial charge in [-0.3, -0.25) is 29.4 Å². The minimum Gasteiger partial charge on any atom is -0.489 e. The number of nitriles is 1. The van der Waals surface area contributed by atoms with Gasteiger partial charge in [0.25, 0.3) is 17.4 Å². The van der Waals surface area contributed by atoms with Crippen LogP contribution in [0.5, 0.6) is 5.75 Å². The molecule has 2 N–H and O–H groups in total. The van der Waals surface area contributed by atoms with Crippen LogP contribution in [0.3, 0.4) is 0 Å². The van der Waals surface area contributed by atoms with E-state index in [-0.39, 0.29) is 53.2 Å². The molecular formula is C42H47ClN10O5. The van der Waals surface area contributed by atoms with E-state index >= 15 is 0 Å². The molecule has 0 spiro atoms. The first-order valence-electron chi connectivity index (χ1n) is 19.8. The van der Waals surface area contributed by atoms with Crippen molar-refractivity contribution in [3.63, 3.8) is 0 Å². The number of ether oxygens (including phenoxy) is 1. The van der Waals surface area contributed by atoms with Crippen LogP contribution in [0.4, 0.5) is 11.6 Å². The summed E-state index contributed by atoms with van der Waals surface area (Å²) in [7, 11) is 0. The van der Waals surface area contributed by atoms with Gasteiger partial charge in [0, 0.05) is 98.6 Å². The number of hydrogen-bond donors (Lipinski definition) is 2. The van der Waals surface area contributed by atoms with Crippen molar-refractivity contribution in [3.05, 3.63) is 81.5 Å². The molecule has 4 aromatic rings. The maximum Gasteiger partial charge on any atom is 0.275 e. The van der Waals surface area contributed by atoms with Crippen LogP contribution in [0, 0.1) is 28.1 Å².